The average Bonchev–Trinajstić information content (AvgIpc) is 3.23. The number of carbonyl (C=O) groups excluding carboxylic acids is 3. The van der Waals surface area contributed by atoms with E-state index in [9.17, 15) is 14.4 Å². The smallest absolute Gasteiger partial charge is 0.306 e. The number of hydrogen-bond donors (Lipinski definition) is 0. The molecule has 0 aliphatic heterocycles. The van der Waals surface area contributed by atoms with Crippen LogP contribution in [0.3, 0.4) is 0 Å². The molecule has 0 aromatic carbocycles. The summed E-state index contributed by atoms with van der Waals surface area (Å²) in [6.07, 6.45) is 58.8. The summed E-state index contributed by atoms with van der Waals surface area (Å²) in [7, 11) is 0. The van der Waals surface area contributed by atoms with Crippen LogP contribution < -0.4 is 0 Å². The zero-order valence-corrected chi connectivity index (χ0v) is 38.5. The molecule has 6 heteroatoms. The largest absolute Gasteiger partial charge is 0.462 e. The van der Waals surface area contributed by atoms with Gasteiger partial charge in [-0.2, -0.15) is 0 Å². The van der Waals surface area contributed by atoms with Crippen molar-refractivity contribution >= 4 is 17.9 Å². The van der Waals surface area contributed by atoms with Gasteiger partial charge in [0.1, 0.15) is 13.2 Å². The third kappa shape index (κ3) is 45.8. The van der Waals surface area contributed by atoms with E-state index in [0.717, 1.165) is 83.5 Å². The van der Waals surface area contributed by atoms with Gasteiger partial charge in [0.15, 0.2) is 6.10 Å². The van der Waals surface area contributed by atoms with Crippen molar-refractivity contribution in [2.24, 2.45) is 0 Å². The van der Waals surface area contributed by atoms with E-state index < -0.39 is 6.10 Å². The minimum absolute atomic E-state index is 0.106. The SMILES string of the molecule is CCCCC/C=C\C/C=C\C/C=C\CCCCC(=O)OCC(COC(=O)CCCC/C=C\C/C=C\C/C=C\CCCCC)OC(=O)CCCCCCCCCCCCC. The number of rotatable bonds is 43. The van der Waals surface area contributed by atoms with Crippen LogP contribution >= 0.6 is 0 Å². The summed E-state index contributed by atoms with van der Waals surface area (Å²) in [6, 6.07) is 0. The lowest BCUT2D eigenvalue weighted by molar-refractivity contribution is -0.167. The lowest BCUT2D eigenvalue weighted by Crippen LogP contribution is -2.30. The number of esters is 3. The van der Waals surface area contributed by atoms with Crippen LogP contribution in [0.1, 0.15) is 226 Å². The third-order valence-corrected chi connectivity index (χ3v) is 10.2. The maximum Gasteiger partial charge on any atom is 0.306 e. The van der Waals surface area contributed by atoms with Crippen LogP contribution in [-0.2, 0) is 28.6 Å². The second kappa shape index (κ2) is 47.5. The van der Waals surface area contributed by atoms with Crippen molar-refractivity contribution in [2.75, 3.05) is 13.2 Å². The number of ether oxygens (including phenoxy) is 3. The molecule has 0 radical (unpaired) electrons. The molecule has 0 N–H and O–H groups in total. The lowest BCUT2D eigenvalue weighted by Gasteiger charge is -2.18. The number of hydrogen-bond acceptors (Lipinski definition) is 6. The zero-order valence-electron chi connectivity index (χ0n) is 38.5. The predicted molar refractivity (Wildman–Crippen MR) is 251 cm³/mol. The van der Waals surface area contributed by atoms with Gasteiger partial charge in [0.2, 0.25) is 0 Å². The monoisotopic (exact) mass is 823 g/mol. The molecule has 0 aromatic rings. The van der Waals surface area contributed by atoms with Crippen LogP contribution in [0.4, 0.5) is 0 Å². The van der Waals surface area contributed by atoms with Gasteiger partial charge in [0.05, 0.1) is 0 Å². The number of unbranched alkanes of at least 4 members (excludes halogenated alkanes) is 20. The summed E-state index contributed by atoms with van der Waals surface area (Å²) in [4.78, 5) is 37.8. The molecule has 0 fully saturated rings. The van der Waals surface area contributed by atoms with E-state index in [-0.39, 0.29) is 31.1 Å². The highest BCUT2D eigenvalue weighted by molar-refractivity contribution is 5.71. The van der Waals surface area contributed by atoms with Gasteiger partial charge in [-0.1, -0.05) is 184 Å². The van der Waals surface area contributed by atoms with Crippen molar-refractivity contribution < 1.29 is 28.6 Å². The zero-order chi connectivity index (χ0) is 43.0. The summed E-state index contributed by atoms with van der Waals surface area (Å²) in [6.45, 7) is 6.49. The van der Waals surface area contributed by atoms with Gasteiger partial charge in [-0.15, -0.1) is 0 Å². The van der Waals surface area contributed by atoms with Crippen molar-refractivity contribution in [3.8, 4) is 0 Å². The van der Waals surface area contributed by atoms with Crippen molar-refractivity contribution in [1.82, 2.24) is 0 Å². The Morgan fingerprint density at radius 3 is 0.983 bits per heavy atom. The summed E-state index contributed by atoms with van der Waals surface area (Å²) in [5, 5.41) is 0. The molecule has 0 saturated heterocycles. The molecular formula is C53H90O6. The lowest BCUT2D eigenvalue weighted by atomic mass is 10.1. The Morgan fingerprint density at radius 1 is 0.339 bits per heavy atom. The summed E-state index contributed by atoms with van der Waals surface area (Å²) in [5.74, 6) is -0.981. The van der Waals surface area contributed by atoms with Crippen LogP contribution in [0.25, 0.3) is 0 Å². The highest BCUT2D eigenvalue weighted by atomic mass is 16.6. The van der Waals surface area contributed by atoms with Crippen LogP contribution in [0, 0.1) is 0 Å². The quantitative estimate of drug-likeness (QED) is 0.0264. The van der Waals surface area contributed by atoms with Gasteiger partial charge in [-0.3, -0.25) is 14.4 Å². The molecule has 0 spiro atoms. The van der Waals surface area contributed by atoms with Gasteiger partial charge >= 0.3 is 17.9 Å². The van der Waals surface area contributed by atoms with Gasteiger partial charge in [-0.05, 0) is 96.3 Å². The molecule has 338 valence electrons. The molecule has 0 heterocycles. The van der Waals surface area contributed by atoms with E-state index in [4.69, 9.17) is 14.2 Å². The van der Waals surface area contributed by atoms with Gasteiger partial charge in [0.25, 0.3) is 0 Å². The molecule has 59 heavy (non-hydrogen) atoms. The average molecular weight is 823 g/mol. The van der Waals surface area contributed by atoms with Crippen molar-refractivity contribution in [2.45, 2.75) is 232 Å². The van der Waals surface area contributed by atoms with Crippen molar-refractivity contribution in [3.63, 3.8) is 0 Å². The van der Waals surface area contributed by atoms with Crippen LogP contribution in [-0.4, -0.2) is 37.2 Å². The molecule has 0 atom stereocenters. The maximum atomic E-state index is 12.7. The fraction of sp³-hybridized carbons (Fsp3) is 0.717. The standard InChI is InChI=1S/C53H90O6/c1-4-7-10-13-16-19-22-24-26-28-31-33-36-39-42-45-51(54)57-48-50(59-53(56)47-44-41-38-35-30-21-18-15-12-9-6-3)49-58-52(55)46-43-40-37-34-32-29-27-25-23-20-17-14-11-8-5-2/h16-17,19-20,24-27,31-34,50H,4-15,18,21-23,28-30,35-49H2,1-3H3/b19-16-,20-17-,26-24-,27-25-,33-31-,34-32-. The predicted octanol–water partition coefficient (Wildman–Crippen LogP) is 15.9. The second-order valence-electron chi connectivity index (χ2n) is 16.0. The molecule has 0 aliphatic carbocycles. The summed E-state index contributed by atoms with van der Waals surface area (Å²) >= 11 is 0. The molecule has 0 unspecified atom stereocenters. The molecule has 0 bridgehead atoms. The summed E-state index contributed by atoms with van der Waals surface area (Å²) in [5.41, 5.74) is 0. The third-order valence-electron chi connectivity index (χ3n) is 10.2. The first-order chi connectivity index (χ1) is 29.0. The van der Waals surface area contributed by atoms with Crippen molar-refractivity contribution in [1.29, 1.82) is 0 Å². The minimum atomic E-state index is -0.803. The topological polar surface area (TPSA) is 78.9 Å². The van der Waals surface area contributed by atoms with Crippen LogP contribution in [0.5, 0.6) is 0 Å². The number of allylic oxidation sites excluding steroid dienone is 12. The first-order valence-electron chi connectivity index (χ1n) is 24.4. The van der Waals surface area contributed by atoms with Gasteiger partial charge < -0.3 is 14.2 Å². The van der Waals surface area contributed by atoms with E-state index in [1.54, 1.807) is 0 Å². The fourth-order valence-corrected chi connectivity index (χ4v) is 6.45. The van der Waals surface area contributed by atoms with Gasteiger partial charge in [-0.25, -0.2) is 0 Å². The van der Waals surface area contributed by atoms with E-state index in [0.29, 0.717) is 19.3 Å². The fourth-order valence-electron chi connectivity index (χ4n) is 6.45. The Bertz CT molecular complexity index is 1060. The van der Waals surface area contributed by atoms with Crippen LogP contribution in [0.2, 0.25) is 0 Å². The Labute approximate surface area is 363 Å². The summed E-state index contributed by atoms with van der Waals surface area (Å²) < 4.78 is 16.7. The molecule has 0 aliphatic rings. The first-order valence-corrected chi connectivity index (χ1v) is 24.4. The Balaban J connectivity index is 4.49. The second-order valence-corrected chi connectivity index (χ2v) is 16.0. The molecule has 0 aromatic heterocycles. The van der Waals surface area contributed by atoms with E-state index in [1.807, 2.05) is 0 Å². The maximum absolute atomic E-state index is 12.7. The van der Waals surface area contributed by atoms with E-state index in [1.165, 1.54) is 103 Å². The van der Waals surface area contributed by atoms with Gasteiger partial charge in [0, 0.05) is 19.3 Å². The highest BCUT2D eigenvalue weighted by Crippen LogP contribution is 2.13. The van der Waals surface area contributed by atoms with Crippen LogP contribution in [0.15, 0.2) is 72.9 Å². The Kier molecular flexibility index (Phi) is 45.0. The highest BCUT2D eigenvalue weighted by Gasteiger charge is 2.19. The molecule has 0 saturated carbocycles. The van der Waals surface area contributed by atoms with E-state index >= 15 is 0 Å². The Morgan fingerprint density at radius 2 is 0.610 bits per heavy atom. The minimum Gasteiger partial charge on any atom is -0.462 e. The normalized spacial score (nSPS) is 12.2. The van der Waals surface area contributed by atoms with E-state index in [2.05, 4.69) is 93.7 Å². The van der Waals surface area contributed by atoms with Crippen molar-refractivity contribution in [3.05, 3.63) is 72.9 Å². The first kappa shape index (κ1) is 55.9. The molecule has 6 nitrogen and oxygen atoms in total. The number of carbonyl (C=O) groups is 3. The molecule has 0 rings (SSSR count). The Hall–Kier alpha value is -3.15. The molecule has 0 amide bonds. The molecular weight excluding hydrogens is 733 g/mol.